The Morgan fingerprint density at radius 3 is 1.47 bits per heavy atom. The fourth-order valence-electron chi connectivity index (χ4n) is 16.6. The summed E-state index contributed by atoms with van der Waals surface area (Å²) >= 11 is 0. The van der Waals surface area contributed by atoms with Gasteiger partial charge in [-0.2, -0.15) is 4.91 Å². The predicted molar refractivity (Wildman–Crippen MR) is 289 cm³/mol. The third kappa shape index (κ3) is 12.5. The van der Waals surface area contributed by atoms with Gasteiger partial charge in [-0.15, -0.1) is 0 Å². The Hall–Kier alpha value is -1.94. The first-order valence-corrected chi connectivity index (χ1v) is 30.7. The zero-order valence-electron chi connectivity index (χ0n) is 49.6. The van der Waals surface area contributed by atoms with Crippen LogP contribution < -0.4 is 0 Å². The molecule has 34 heteroatoms. The average Bonchev–Trinajstić information content (AvgIpc) is 1.42. The maximum atomic E-state index is 12.5. The van der Waals surface area contributed by atoms with Crippen molar-refractivity contribution in [2.24, 2.45) is 33.3 Å². The molecule has 6 aliphatic heterocycles. The predicted octanol–water partition coefficient (Wildman–Crippen LogP) is -8.90. The van der Waals surface area contributed by atoms with Crippen LogP contribution in [0.25, 0.3) is 0 Å². The molecule has 10 rings (SSSR count). The molecule has 0 aromatic heterocycles. The molecule has 20 N–H and O–H groups in total. The van der Waals surface area contributed by atoms with Gasteiger partial charge in [-0.1, -0.05) is 32.0 Å². The van der Waals surface area contributed by atoms with Crippen LogP contribution in [0.3, 0.4) is 0 Å². The Morgan fingerprint density at radius 1 is 0.489 bits per heavy atom. The molecule has 0 amide bonds. The van der Waals surface area contributed by atoms with Gasteiger partial charge in [-0.25, -0.2) is 0 Å². The Morgan fingerprint density at radius 2 is 0.944 bits per heavy atom. The highest BCUT2D eigenvalue weighted by atomic mass is 16.8. The number of nitroso groups, excluding NO2 is 1. The van der Waals surface area contributed by atoms with Gasteiger partial charge in [-0.3, -0.25) is 0 Å². The van der Waals surface area contributed by atoms with Crippen LogP contribution in [-0.2, 0) is 56.8 Å². The highest BCUT2D eigenvalue weighted by Crippen LogP contribution is 2.74. The standard InChI is InChI=1S/C56H91NO33/c1-19-11-55-9-5-26-53(2,7-4-8-54(26,3)52(77)89-50-44(39(73)33(67)24(16-62)84-50)87-48-41(75)37(71)31(65)22(14-60)82-48)27(55)6-10-56(19,18-55)90-51-45(88-49-42(76)38(72)32(66)23(15-61)83-49)43(86-47-40(74)36(70)30(64)21(13-59)81-47)34(68)25(85-51)17-79-46-35(69)28(57-78)29(63)20(12-58)80-46/h20-52,58-77H,1,4-18H2,2-3H3/t20?,21?,22?,23?,24?,25?,26?,27-,28?,29?,30?,31?,32?,33?,34?,35?,36?,37?,38?,39?,40?,41?,42?,43?,44?,45?,46?,47?,48?,49?,50?,51?,52?,53+,54+,55+,56-/m0/s1. The van der Waals surface area contributed by atoms with Crippen LogP contribution in [0.15, 0.2) is 17.3 Å². The van der Waals surface area contributed by atoms with Gasteiger partial charge in [-0.05, 0) is 79.6 Å². The van der Waals surface area contributed by atoms with Gasteiger partial charge in [0.2, 0.25) is 0 Å². The number of rotatable bonds is 20. The number of aliphatic hydroxyl groups is 20. The molecule has 10 aliphatic rings. The van der Waals surface area contributed by atoms with Gasteiger partial charge < -0.3 is 159 Å². The van der Waals surface area contributed by atoms with Crippen molar-refractivity contribution >= 4 is 0 Å². The summed E-state index contributed by atoms with van der Waals surface area (Å²) in [6, 6.07) is -1.77. The molecule has 4 saturated carbocycles. The SMILES string of the molecule is C=C1C[C@@]23CCC4[C@](C)(C(O)OC5OC(CO)C(O)C(O)C5OC5OC(CO)C(O)C(O)C5O)CCC[C@@]4(C)[C@@H]2CC[C@]1(OC1OC(COC2OC(CO)C(O)C(N=O)C2O)C(O)C(OC2OC(CO)C(O)C(O)C2O)C1OC1OC(CO)C(O)C(O)C1O)C3. The molecule has 0 radical (unpaired) electrons. The summed E-state index contributed by atoms with van der Waals surface area (Å²) < 4.78 is 73.1. The summed E-state index contributed by atoms with van der Waals surface area (Å²) in [5.41, 5.74) is -3.01. The minimum absolute atomic E-state index is 0.123. The Kier molecular flexibility index (Phi) is 22.0. The van der Waals surface area contributed by atoms with E-state index in [2.05, 4.69) is 18.7 Å². The van der Waals surface area contributed by atoms with Gasteiger partial charge in [0.25, 0.3) is 0 Å². The topological polar surface area (TPSA) is 545 Å². The van der Waals surface area contributed by atoms with Crippen molar-refractivity contribution in [3.63, 3.8) is 0 Å². The highest BCUT2D eigenvalue weighted by Gasteiger charge is 2.70. The number of ether oxygens (including phenoxy) is 12. The normalized spacial score (nSPS) is 54.4. The maximum Gasteiger partial charge on any atom is 0.190 e. The molecule has 2 bridgehead atoms. The molecule has 4 aliphatic carbocycles. The minimum Gasteiger partial charge on any atom is -0.394 e. The van der Waals surface area contributed by atoms with Crippen LogP contribution in [-0.4, -0.2) is 338 Å². The zero-order valence-corrected chi connectivity index (χ0v) is 49.6. The second kappa shape index (κ2) is 27.9. The third-order valence-corrected chi connectivity index (χ3v) is 21.6. The summed E-state index contributed by atoms with van der Waals surface area (Å²) in [6.45, 7) is 3.44. The van der Waals surface area contributed by atoms with E-state index in [4.69, 9.17) is 56.8 Å². The first-order chi connectivity index (χ1) is 42.6. The lowest BCUT2D eigenvalue weighted by molar-refractivity contribution is -0.402. The van der Waals surface area contributed by atoms with Gasteiger partial charge in [0, 0.05) is 5.41 Å². The number of hydrogen-bond acceptors (Lipinski definition) is 34. The van der Waals surface area contributed by atoms with Crippen molar-refractivity contribution in [1.82, 2.24) is 0 Å². The summed E-state index contributed by atoms with van der Waals surface area (Å²) in [5, 5.41) is 220. The molecule has 32 unspecified atom stereocenters. The minimum atomic E-state index is -2.11. The molecule has 6 saturated heterocycles. The van der Waals surface area contributed by atoms with Crippen LogP contribution >= 0.6 is 0 Å². The molecule has 0 aromatic rings. The second-order valence-electron chi connectivity index (χ2n) is 26.7. The van der Waals surface area contributed by atoms with Crippen molar-refractivity contribution in [3.05, 3.63) is 17.1 Å². The van der Waals surface area contributed by atoms with Gasteiger partial charge in [0.1, 0.15) is 140 Å². The van der Waals surface area contributed by atoms with Crippen molar-refractivity contribution in [2.45, 2.75) is 268 Å². The lowest BCUT2D eigenvalue weighted by atomic mass is 9.40. The number of nitrogens with zero attached hydrogens (tertiary/aromatic N) is 1. The van der Waals surface area contributed by atoms with Crippen LogP contribution in [0.1, 0.15) is 71.6 Å². The summed E-state index contributed by atoms with van der Waals surface area (Å²) in [5.74, 6) is -0.424. The summed E-state index contributed by atoms with van der Waals surface area (Å²) in [7, 11) is 0. The van der Waals surface area contributed by atoms with E-state index < -0.39 is 252 Å². The van der Waals surface area contributed by atoms with E-state index in [1.807, 2.05) is 6.92 Å². The lowest BCUT2D eigenvalue weighted by Crippen LogP contribution is -2.68. The van der Waals surface area contributed by atoms with Gasteiger partial charge in [0.05, 0.1) is 45.2 Å². The van der Waals surface area contributed by atoms with E-state index in [9.17, 15) is 107 Å². The maximum absolute atomic E-state index is 12.5. The largest absolute Gasteiger partial charge is 0.394 e. The van der Waals surface area contributed by atoms with E-state index in [0.717, 1.165) is 0 Å². The van der Waals surface area contributed by atoms with Gasteiger partial charge in [0.15, 0.2) is 50.1 Å². The molecular weight excluding hydrogens is 1210 g/mol. The zero-order chi connectivity index (χ0) is 65.4. The van der Waals surface area contributed by atoms with Crippen LogP contribution in [0.2, 0.25) is 0 Å². The average molecular weight is 1310 g/mol. The molecule has 6 heterocycles. The van der Waals surface area contributed by atoms with Gasteiger partial charge >= 0.3 is 0 Å². The van der Waals surface area contributed by atoms with E-state index in [-0.39, 0.29) is 24.7 Å². The molecule has 37 atom stereocenters. The van der Waals surface area contributed by atoms with Crippen molar-refractivity contribution in [2.75, 3.05) is 39.6 Å². The third-order valence-electron chi connectivity index (χ3n) is 21.6. The fraction of sp³-hybridized carbons (Fsp3) is 0.964. The van der Waals surface area contributed by atoms with Crippen molar-refractivity contribution in [3.8, 4) is 0 Å². The van der Waals surface area contributed by atoms with E-state index >= 15 is 0 Å². The van der Waals surface area contributed by atoms with Crippen LogP contribution in [0, 0.1) is 33.0 Å². The molecule has 1 spiro atoms. The second-order valence-corrected chi connectivity index (χ2v) is 26.7. The number of fused-ring (bicyclic) bond motifs is 3. The molecule has 90 heavy (non-hydrogen) atoms. The first kappa shape index (κ1) is 70.8. The van der Waals surface area contributed by atoms with E-state index in [1.165, 1.54) is 0 Å². The van der Waals surface area contributed by atoms with Crippen LogP contribution in [0.5, 0.6) is 0 Å². The Balaban J connectivity index is 0.941. The number of hydrogen-bond donors (Lipinski definition) is 20. The van der Waals surface area contributed by atoms with E-state index in [1.54, 1.807) is 0 Å². The molecule has 34 nitrogen and oxygen atoms in total. The fourth-order valence-corrected chi connectivity index (χ4v) is 16.6. The smallest absolute Gasteiger partial charge is 0.190 e. The van der Waals surface area contributed by atoms with Crippen molar-refractivity contribution in [1.29, 1.82) is 0 Å². The van der Waals surface area contributed by atoms with Crippen molar-refractivity contribution < 1.29 is 159 Å². The molecule has 0 aromatic carbocycles. The molecule has 518 valence electrons. The number of aliphatic hydroxyl groups excluding tert-OH is 20. The monoisotopic (exact) mass is 1310 g/mol. The highest BCUT2D eigenvalue weighted by molar-refractivity contribution is 5.30. The first-order valence-electron chi connectivity index (χ1n) is 30.7. The quantitative estimate of drug-likeness (QED) is 0.0233. The summed E-state index contributed by atoms with van der Waals surface area (Å²) in [4.78, 5) is 11.8. The summed E-state index contributed by atoms with van der Waals surface area (Å²) in [6.07, 6.45) is -50.9. The Bertz CT molecular complexity index is 2410. The molecular formula is C56H91NO33. The van der Waals surface area contributed by atoms with Crippen LogP contribution in [0.4, 0.5) is 0 Å². The lowest BCUT2D eigenvalue weighted by Gasteiger charge is -2.65. The molecule has 10 fully saturated rings. The van der Waals surface area contributed by atoms with E-state index in [0.29, 0.717) is 50.5 Å². The Labute approximate surface area is 515 Å².